The Kier molecular flexibility index (Phi) is 5.93. The number of methoxy groups -OCH3 is 1. The van der Waals surface area contributed by atoms with Crippen LogP contribution in [0.4, 0.5) is 0 Å². The monoisotopic (exact) mass is 437 g/mol. The Bertz CT molecular complexity index is 1370. The lowest BCUT2D eigenvalue weighted by Crippen LogP contribution is -2.00. The van der Waals surface area contributed by atoms with E-state index in [1.54, 1.807) is 7.11 Å². The first-order chi connectivity index (χ1) is 16.3. The summed E-state index contributed by atoms with van der Waals surface area (Å²) in [6.07, 6.45) is 1.71. The number of hydrogen-bond acceptors (Lipinski definition) is 6. The van der Waals surface area contributed by atoms with Gasteiger partial charge in [-0.2, -0.15) is 0 Å². The van der Waals surface area contributed by atoms with Gasteiger partial charge in [0.1, 0.15) is 18.1 Å². The predicted octanol–water partition coefficient (Wildman–Crippen LogP) is 4.79. The van der Waals surface area contributed by atoms with Gasteiger partial charge in [0.05, 0.1) is 18.3 Å². The second-order valence-electron chi connectivity index (χ2n) is 7.71. The van der Waals surface area contributed by atoms with E-state index in [9.17, 15) is 0 Å². The maximum absolute atomic E-state index is 6.03. The lowest BCUT2D eigenvalue weighted by molar-refractivity contribution is 0.301. The van der Waals surface area contributed by atoms with Crippen LogP contribution in [-0.4, -0.2) is 32.7 Å². The van der Waals surface area contributed by atoms with Crippen molar-refractivity contribution in [3.05, 3.63) is 95.7 Å². The summed E-state index contributed by atoms with van der Waals surface area (Å²) in [5.74, 6) is 2.27. The van der Waals surface area contributed by atoms with Crippen molar-refractivity contribution in [1.29, 1.82) is 0 Å². The highest BCUT2D eigenvalue weighted by atomic mass is 16.5. The summed E-state index contributed by atoms with van der Waals surface area (Å²) in [5.41, 5.74) is 5.10. The second kappa shape index (κ2) is 9.48. The Morgan fingerprint density at radius 1 is 0.879 bits per heavy atom. The molecule has 3 aromatic carbocycles. The van der Waals surface area contributed by atoms with Crippen molar-refractivity contribution in [3.63, 3.8) is 0 Å². The van der Waals surface area contributed by atoms with E-state index in [4.69, 9.17) is 9.47 Å². The van der Waals surface area contributed by atoms with Crippen molar-refractivity contribution >= 4 is 10.9 Å². The highest BCUT2D eigenvalue weighted by Gasteiger charge is 2.09. The third-order valence-corrected chi connectivity index (χ3v) is 5.53. The summed E-state index contributed by atoms with van der Waals surface area (Å²) in [6, 6.07) is 26.4. The molecule has 2 heterocycles. The lowest BCUT2D eigenvalue weighted by Gasteiger charge is -2.11. The van der Waals surface area contributed by atoms with E-state index >= 15 is 0 Å². The highest BCUT2D eigenvalue weighted by molar-refractivity contribution is 5.78. The van der Waals surface area contributed by atoms with Gasteiger partial charge in [0, 0.05) is 10.9 Å². The molecule has 0 spiro atoms. The summed E-state index contributed by atoms with van der Waals surface area (Å²) in [5, 5.41) is 15.1. The number of benzene rings is 3. The number of aromatic nitrogens is 5. The first kappa shape index (κ1) is 20.6. The molecule has 0 aliphatic rings. The molecule has 0 fully saturated rings. The molecule has 7 nitrogen and oxygen atoms in total. The number of H-pyrrole nitrogens is 1. The summed E-state index contributed by atoms with van der Waals surface area (Å²) in [6.45, 7) is 0.431. The van der Waals surface area contributed by atoms with Crippen molar-refractivity contribution in [1.82, 2.24) is 25.6 Å². The minimum absolute atomic E-state index is 0.431. The number of aromatic amines is 1. The first-order valence-corrected chi connectivity index (χ1v) is 10.8. The van der Waals surface area contributed by atoms with Gasteiger partial charge in [0.25, 0.3) is 0 Å². The second-order valence-corrected chi connectivity index (χ2v) is 7.71. The Morgan fingerprint density at radius 3 is 2.70 bits per heavy atom. The fraction of sp³-hybridized carbons (Fsp3) is 0.154. The zero-order chi connectivity index (χ0) is 22.5. The van der Waals surface area contributed by atoms with Crippen LogP contribution in [-0.2, 0) is 19.4 Å². The molecule has 0 unspecified atom stereocenters. The van der Waals surface area contributed by atoms with Crippen LogP contribution in [0, 0.1) is 0 Å². The van der Waals surface area contributed by atoms with Gasteiger partial charge in [0.2, 0.25) is 0 Å². The van der Waals surface area contributed by atoms with E-state index in [0.717, 1.165) is 52.1 Å². The standard InChI is InChI=1S/C26H23N5O2/c1-32-25-16-21(26-28-30-31-29-26)12-11-20(25)10-9-18-5-4-7-23(15-18)33-17-22-14-13-19-6-2-3-8-24(19)27-22/h2-8,11-16H,9-10,17H2,1H3,(H,28,29,30,31). The molecule has 2 aromatic heterocycles. The number of tetrazole rings is 1. The van der Waals surface area contributed by atoms with Crippen LogP contribution in [0.5, 0.6) is 11.5 Å². The van der Waals surface area contributed by atoms with Gasteiger partial charge in [-0.15, -0.1) is 5.10 Å². The van der Waals surface area contributed by atoms with Crippen LogP contribution in [0.3, 0.4) is 0 Å². The van der Waals surface area contributed by atoms with E-state index in [2.05, 4.69) is 55.9 Å². The molecule has 0 amide bonds. The van der Waals surface area contributed by atoms with E-state index in [1.165, 1.54) is 5.56 Å². The van der Waals surface area contributed by atoms with E-state index in [0.29, 0.717) is 12.4 Å². The van der Waals surface area contributed by atoms with Crippen LogP contribution in [0.1, 0.15) is 16.8 Å². The van der Waals surface area contributed by atoms with E-state index < -0.39 is 0 Å². The molecule has 0 saturated carbocycles. The van der Waals surface area contributed by atoms with Crippen LogP contribution in [0.2, 0.25) is 0 Å². The van der Waals surface area contributed by atoms with Crippen molar-refractivity contribution in [2.24, 2.45) is 0 Å². The van der Waals surface area contributed by atoms with Gasteiger partial charge in [-0.05, 0) is 64.7 Å². The van der Waals surface area contributed by atoms with Crippen molar-refractivity contribution in [2.75, 3.05) is 7.11 Å². The molecule has 0 aliphatic carbocycles. The molecule has 7 heteroatoms. The van der Waals surface area contributed by atoms with Crippen molar-refractivity contribution in [2.45, 2.75) is 19.4 Å². The average molecular weight is 438 g/mol. The molecule has 164 valence electrons. The highest BCUT2D eigenvalue weighted by Crippen LogP contribution is 2.26. The van der Waals surface area contributed by atoms with Crippen LogP contribution in [0.15, 0.2) is 78.9 Å². The molecule has 0 aliphatic heterocycles. The molecule has 5 rings (SSSR count). The summed E-state index contributed by atoms with van der Waals surface area (Å²) in [4.78, 5) is 4.68. The molecular formula is C26H23N5O2. The number of hydrogen-bond donors (Lipinski definition) is 1. The number of fused-ring (bicyclic) bond motifs is 1. The maximum atomic E-state index is 6.03. The molecule has 0 radical (unpaired) electrons. The zero-order valence-corrected chi connectivity index (χ0v) is 18.2. The molecule has 33 heavy (non-hydrogen) atoms. The van der Waals surface area contributed by atoms with Crippen LogP contribution in [0.25, 0.3) is 22.3 Å². The van der Waals surface area contributed by atoms with Crippen molar-refractivity contribution in [3.8, 4) is 22.9 Å². The van der Waals surface area contributed by atoms with Crippen molar-refractivity contribution < 1.29 is 9.47 Å². The summed E-state index contributed by atoms with van der Waals surface area (Å²) >= 11 is 0. The number of rotatable bonds is 8. The number of pyridine rings is 1. The van der Waals surface area contributed by atoms with E-state index in [1.807, 2.05) is 48.5 Å². The molecule has 5 aromatic rings. The number of para-hydroxylation sites is 1. The van der Waals surface area contributed by atoms with Gasteiger partial charge in [-0.1, -0.05) is 48.5 Å². The lowest BCUT2D eigenvalue weighted by atomic mass is 10.0. The largest absolute Gasteiger partial charge is 0.496 e. The van der Waals surface area contributed by atoms with Gasteiger partial charge in [-0.25, -0.2) is 10.1 Å². The SMILES string of the molecule is COc1cc(-c2nnn[nH]2)ccc1CCc1cccc(OCc2ccc3ccccc3n2)c1. The normalized spacial score (nSPS) is 10.9. The number of nitrogens with zero attached hydrogens (tertiary/aromatic N) is 4. The molecule has 0 bridgehead atoms. The third-order valence-electron chi connectivity index (χ3n) is 5.53. The number of aryl methyl sites for hydroxylation is 2. The summed E-state index contributed by atoms with van der Waals surface area (Å²) < 4.78 is 11.6. The maximum Gasteiger partial charge on any atom is 0.179 e. The van der Waals surface area contributed by atoms with Crippen LogP contribution < -0.4 is 9.47 Å². The number of nitrogens with one attached hydrogen (secondary N) is 1. The fourth-order valence-corrected chi connectivity index (χ4v) is 3.80. The summed E-state index contributed by atoms with van der Waals surface area (Å²) in [7, 11) is 1.68. The van der Waals surface area contributed by atoms with Crippen LogP contribution >= 0.6 is 0 Å². The Labute approximate surface area is 191 Å². The minimum atomic E-state index is 0.431. The molecule has 1 N–H and O–H groups in total. The molecule has 0 saturated heterocycles. The quantitative estimate of drug-likeness (QED) is 0.376. The Morgan fingerprint density at radius 2 is 1.82 bits per heavy atom. The first-order valence-electron chi connectivity index (χ1n) is 10.8. The third kappa shape index (κ3) is 4.82. The van der Waals surface area contributed by atoms with Gasteiger partial charge >= 0.3 is 0 Å². The zero-order valence-electron chi connectivity index (χ0n) is 18.2. The fourth-order valence-electron chi connectivity index (χ4n) is 3.80. The Balaban J connectivity index is 1.24. The Hall–Kier alpha value is -4.26. The topological polar surface area (TPSA) is 85.8 Å². The predicted molar refractivity (Wildman–Crippen MR) is 126 cm³/mol. The molecule has 0 atom stereocenters. The average Bonchev–Trinajstić information content (AvgIpc) is 3.41. The molecular weight excluding hydrogens is 414 g/mol. The van der Waals surface area contributed by atoms with Gasteiger partial charge < -0.3 is 9.47 Å². The van der Waals surface area contributed by atoms with E-state index in [-0.39, 0.29) is 0 Å². The minimum Gasteiger partial charge on any atom is -0.496 e. The van der Waals surface area contributed by atoms with Gasteiger partial charge in [0.15, 0.2) is 5.82 Å². The smallest absolute Gasteiger partial charge is 0.179 e. The number of ether oxygens (including phenoxy) is 2. The van der Waals surface area contributed by atoms with Gasteiger partial charge in [-0.3, -0.25) is 0 Å².